The third-order valence-electron chi connectivity index (χ3n) is 4.21. The lowest BCUT2D eigenvalue weighted by Gasteiger charge is -2.18. The number of anilines is 1. The summed E-state index contributed by atoms with van der Waals surface area (Å²) in [5, 5.41) is 5.86. The van der Waals surface area contributed by atoms with Gasteiger partial charge in [0.05, 0.1) is 16.6 Å². The predicted molar refractivity (Wildman–Crippen MR) is 102 cm³/mol. The number of nitrogens with zero attached hydrogens (tertiary/aromatic N) is 1. The number of nitrogens with one attached hydrogen (secondary N) is 3. The molecule has 2 heterocycles. The highest BCUT2D eigenvalue weighted by Gasteiger charge is 2.16. The van der Waals surface area contributed by atoms with Crippen molar-refractivity contribution >= 4 is 41.7 Å². The van der Waals surface area contributed by atoms with Gasteiger partial charge in [0.2, 0.25) is 0 Å². The highest BCUT2D eigenvalue weighted by atomic mass is 16.5. The lowest BCUT2D eigenvalue weighted by molar-refractivity contribution is -0.118. The fraction of sp³-hybridized carbons (Fsp3) is 0.111. The van der Waals surface area contributed by atoms with Crippen LogP contribution in [0.4, 0.5) is 5.69 Å². The van der Waals surface area contributed by atoms with Crippen molar-refractivity contribution in [1.29, 1.82) is 0 Å². The zero-order valence-corrected chi connectivity index (χ0v) is 14.5. The number of H-pyrrole nitrogens is 1. The summed E-state index contributed by atoms with van der Waals surface area (Å²) in [6.07, 6.45) is 0. The van der Waals surface area contributed by atoms with Crippen molar-refractivity contribution in [2.45, 2.75) is 6.54 Å². The van der Waals surface area contributed by atoms with E-state index >= 15 is 0 Å². The summed E-state index contributed by atoms with van der Waals surface area (Å²) in [7, 11) is 1.89. The molecule has 4 rings (SSSR count). The summed E-state index contributed by atoms with van der Waals surface area (Å²) >= 11 is 0. The number of carbonyl (C=O) groups is 2. The zero-order valence-electron chi connectivity index (χ0n) is 14.5. The third-order valence-corrected chi connectivity index (χ3v) is 4.21. The third kappa shape index (κ3) is 3.39. The molecule has 9 heteroatoms. The largest absolute Gasteiger partial charge is 0.482 e. The Balaban J connectivity index is 1.53. The molecule has 0 unspecified atom stereocenters. The molecule has 1 aliphatic heterocycles. The number of hydrogen-bond acceptors (Lipinski definition) is 5. The molecular formula is C18H15BN4O4. The molecule has 1 aliphatic rings. The van der Waals surface area contributed by atoms with Gasteiger partial charge in [-0.15, -0.1) is 0 Å². The van der Waals surface area contributed by atoms with Crippen molar-refractivity contribution in [3.05, 3.63) is 58.1 Å². The predicted octanol–water partition coefficient (Wildman–Crippen LogP) is -0.558. The van der Waals surface area contributed by atoms with E-state index < -0.39 is 5.91 Å². The van der Waals surface area contributed by atoms with Gasteiger partial charge < -0.3 is 20.4 Å². The minimum absolute atomic E-state index is 0.0104. The maximum absolute atomic E-state index is 12.4. The first-order chi connectivity index (χ1) is 13.0. The van der Waals surface area contributed by atoms with Crippen molar-refractivity contribution in [2.24, 2.45) is 0 Å². The lowest BCUT2D eigenvalue weighted by Crippen LogP contribution is -2.28. The van der Waals surface area contributed by atoms with E-state index in [1.165, 1.54) is 0 Å². The van der Waals surface area contributed by atoms with Gasteiger partial charge in [0, 0.05) is 6.54 Å². The molecule has 0 spiro atoms. The topological polar surface area (TPSA) is 113 Å². The van der Waals surface area contributed by atoms with Crippen LogP contribution in [0.15, 0.2) is 41.2 Å². The SMILES string of the molecule is Bc1ccc2c(=O)[nH]c(C(=O)NCc3ccc4c(c3)NC(=O)CO4)nc2c1. The van der Waals surface area contributed by atoms with Gasteiger partial charge in [-0.25, -0.2) is 4.98 Å². The molecule has 0 atom stereocenters. The number of hydrogen-bond donors (Lipinski definition) is 3. The fourth-order valence-corrected chi connectivity index (χ4v) is 2.86. The summed E-state index contributed by atoms with van der Waals surface area (Å²) in [6, 6.07) is 10.5. The van der Waals surface area contributed by atoms with Crippen LogP contribution in [-0.2, 0) is 11.3 Å². The van der Waals surface area contributed by atoms with Crippen molar-refractivity contribution < 1.29 is 14.3 Å². The van der Waals surface area contributed by atoms with Crippen molar-refractivity contribution in [1.82, 2.24) is 15.3 Å². The van der Waals surface area contributed by atoms with E-state index in [1.54, 1.807) is 30.3 Å². The number of benzene rings is 2. The molecule has 134 valence electrons. The first-order valence-corrected chi connectivity index (χ1v) is 8.34. The molecule has 27 heavy (non-hydrogen) atoms. The molecule has 0 fully saturated rings. The number of aromatic nitrogens is 2. The second-order valence-corrected chi connectivity index (χ2v) is 6.29. The normalized spacial score (nSPS) is 12.8. The van der Waals surface area contributed by atoms with E-state index in [2.05, 4.69) is 20.6 Å². The van der Waals surface area contributed by atoms with Crippen molar-refractivity contribution in [2.75, 3.05) is 11.9 Å². The Kier molecular flexibility index (Phi) is 4.11. The Bertz CT molecular complexity index is 1140. The molecule has 0 saturated heterocycles. The summed E-state index contributed by atoms with van der Waals surface area (Å²) in [5.41, 5.74) is 2.39. The number of carbonyl (C=O) groups excluding carboxylic acids is 2. The van der Waals surface area contributed by atoms with Crippen LogP contribution in [0.25, 0.3) is 10.9 Å². The number of aromatic amines is 1. The Hall–Kier alpha value is -3.62. The van der Waals surface area contributed by atoms with E-state index in [0.29, 0.717) is 22.3 Å². The average molecular weight is 362 g/mol. The molecule has 3 aromatic rings. The van der Waals surface area contributed by atoms with E-state index in [-0.39, 0.29) is 30.4 Å². The summed E-state index contributed by atoms with van der Waals surface area (Å²) in [5.74, 6) is -0.182. The smallest absolute Gasteiger partial charge is 0.287 e. The highest BCUT2D eigenvalue weighted by Crippen LogP contribution is 2.28. The van der Waals surface area contributed by atoms with Gasteiger partial charge in [-0.3, -0.25) is 14.4 Å². The minimum atomic E-state index is -0.492. The molecule has 0 saturated carbocycles. The molecule has 0 bridgehead atoms. The quantitative estimate of drug-likeness (QED) is 0.541. The number of ether oxygens (including phenoxy) is 1. The van der Waals surface area contributed by atoms with Gasteiger partial charge in [0.25, 0.3) is 17.4 Å². The molecule has 0 aliphatic carbocycles. The minimum Gasteiger partial charge on any atom is -0.482 e. The van der Waals surface area contributed by atoms with E-state index in [4.69, 9.17) is 4.74 Å². The van der Waals surface area contributed by atoms with Crippen molar-refractivity contribution in [3.63, 3.8) is 0 Å². The van der Waals surface area contributed by atoms with Crippen LogP contribution in [0.3, 0.4) is 0 Å². The first kappa shape index (κ1) is 16.8. The van der Waals surface area contributed by atoms with Gasteiger partial charge in [-0.05, 0) is 29.8 Å². The van der Waals surface area contributed by atoms with Crippen LogP contribution in [0.2, 0.25) is 0 Å². The highest BCUT2D eigenvalue weighted by molar-refractivity contribution is 6.33. The van der Waals surface area contributed by atoms with Gasteiger partial charge in [0.15, 0.2) is 12.4 Å². The van der Waals surface area contributed by atoms with E-state index in [9.17, 15) is 14.4 Å². The van der Waals surface area contributed by atoms with Crippen LogP contribution < -0.4 is 26.4 Å². The monoisotopic (exact) mass is 362 g/mol. The zero-order chi connectivity index (χ0) is 19.0. The molecule has 0 radical (unpaired) electrons. The van der Waals surface area contributed by atoms with Crippen LogP contribution in [0, 0.1) is 0 Å². The van der Waals surface area contributed by atoms with Crippen molar-refractivity contribution in [3.8, 4) is 5.75 Å². The lowest BCUT2D eigenvalue weighted by atomic mass is 9.95. The van der Waals surface area contributed by atoms with Crippen LogP contribution in [-0.4, -0.2) is 36.2 Å². The Morgan fingerprint density at radius 2 is 2.07 bits per heavy atom. The van der Waals surface area contributed by atoms with E-state index in [0.717, 1.165) is 11.0 Å². The Morgan fingerprint density at radius 1 is 1.22 bits per heavy atom. The second kappa shape index (κ2) is 6.60. The maximum atomic E-state index is 12.4. The van der Waals surface area contributed by atoms with Crippen LogP contribution >= 0.6 is 0 Å². The van der Waals surface area contributed by atoms with Gasteiger partial charge in [-0.1, -0.05) is 17.6 Å². The molecule has 2 aromatic carbocycles. The molecule has 3 N–H and O–H groups in total. The number of fused-ring (bicyclic) bond motifs is 2. The second-order valence-electron chi connectivity index (χ2n) is 6.29. The maximum Gasteiger partial charge on any atom is 0.287 e. The fourth-order valence-electron chi connectivity index (χ4n) is 2.86. The summed E-state index contributed by atoms with van der Waals surface area (Å²) in [4.78, 5) is 42.7. The molecule has 1 aromatic heterocycles. The van der Waals surface area contributed by atoms with Crippen LogP contribution in [0.1, 0.15) is 16.2 Å². The molecule has 8 nitrogen and oxygen atoms in total. The van der Waals surface area contributed by atoms with Crippen LogP contribution in [0.5, 0.6) is 5.75 Å². The van der Waals surface area contributed by atoms with E-state index in [1.807, 2.05) is 13.9 Å². The summed E-state index contributed by atoms with van der Waals surface area (Å²) in [6.45, 7) is 0.196. The standard InChI is InChI=1S/C18H15BN4O4/c19-10-2-3-11-12(6-10)22-16(23-17(11)25)18(26)20-7-9-1-4-14-13(5-9)21-15(24)8-27-14/h1-6H,7-8,19H2,(H,20,26)(H,21,24)(H,22,23,25). The molecular weight excluding hydrogens is 347 g/mol. The summed E-state index contributed by atoms with van der Waals surface area (Å²) < 4.78 is 5.30. The number of amides is 2. The molecule has 2 amide bonds. The van der Waals surface area contributed by atoms with Gasteiger partial charge >= 0.3 is 0 Å². The Morgan fingerprint density at radius 3 is 2.93 bits per heavy atom. The average Bonchev–Trinajstić information content (AvgIpc) is 2.65. The number of rotatable bonds is 3. The Labute approximate surface area is 154 Å². The van der Waals surface area contributed by atoms with Gasteiger partial charge in [-0.2, -0.15) is 0 Å². The first-order valence-electron chi connectivity index (χ1n) is 8.34. The van der Waals surface area contributed by atoms with Gasteiger partial charge in [0.1, 0.15) is 13.6 Å².